The van der Waals surface area contributed by atoms with Gasteiger partial charge in [0.05, 0.1) is 6.54 Å². The number of Topliss-reactive ketones (excluding diaryl/α,β-unsaturated/α-hetero) is 1. The smallest absolute Gasteiger partial charge is 0.176 e. The second kappa shape index (κ2) is 5.89. The Balaban J connectivity index is 2.67. The van der Waals surface area contributed by atoms with Crippen molar-refractivity contribution in [1.29, 1.82) is 0 Å². The van der Waals surface area contributed by atoms with Crippen LogP contribution in [0.4, 0.5) is 0 Å². The molecule has 1 aromatic rings. The standard InChI is InChI=1S/C12H16ClNO/c1-14(2)9-12(15)11-5-3-10(4-6-11)7-8-13/h3-6H,7-9H2,1-2H3. The number of carbonyl (C=O) groups excluding carboxylic acids is 1. The molecule has 0 N–H and O–H groups in total. The number of hydrogen-bond donors (Lipinski definition) is 0. The molecule has 0 atom stereocenters. The van der Waals surface area contributed by atoms with Gasteiger partial charge in [0.15, 0.2) is 5.78 Å². The maximum atomic E-state index is 11.7. The summed E-state index contributed by atoms with van der Waals surface area (Å²) in [7, 11) is 3.78. The Labute approximate surface area is 95.8 Å². The summed E-state index contributed by atoms with van der Waals surface area (Å²) in [6, 6.07) is 7.66. The van der Waals surface area contributed by atoms with Gasteiger partial charge in [-0.25, -0.2) is 0 Å². The molecular formula is C12H16ClNO. The van der Waals surface area contributed by atoms with Crippen LogP contribution in [0.25, 0.3) is 0 Å². The third-order valence-corrected chi connectivity index (χ3v) is 2.31. The second-order valence-electron chi connectivity index (χ2n) is 3.80. The third kappa shape index (κ3) is 4.02. The predicted octanol–water partition coefficient (Wildman–Crippen LogP) is 2.21. The molecule has 0 spiro atoms. The number of rotatable bonds is 5. The zero-order valence-corrected chi connectivity index (χ0v) is 9.92. The molecule has 0 aromatic heterocycles. The van der Waals surface area contributed by atoms with Crippen molar-refractivity contribution in [2.24, 2.45) is 0 Å². The topological polar surface area (TPSA) is 20.3 Å². The number of ketones is 1. The van der Waals surface area contributed by atoms with E-state index in [0.29, 0.717) is 12.4 Å². The zero-order chi connectivity index (χ0) is 11.3. The molecule has 0 radical (unpaired) electrons. The van der Waals surface area contributed by atoms with Crippen molar-refractivity contribution in [3.63, 3.8) is 0 Å². The maximum Gasteiger partial charge on any atom is 0.176 e. The third-order valence-electron chi connectivity index (χ3n) is 2.12. The highest BCUT2D eigenvalue weighted by Gasteiger charge is 2.06. The highest BCUT2D eigenvalue weighted by molar-refractivity contribution is 6.18. The van der Waals surface area contributed by atoms with E-state index >= 15 is 0 Å². The average molecular weight is 226 g/mol. The van der Waals surface area contributed by atoms with Gasteiger partial charge in [-0.2, -0.15) is 0 Å². The molecular weight excluding hydrogens is 210 g/mol. The fraction of sp³-hybridized carbons (Fsp3) is 0.417. The predicted molar refractivity (Wildman–Crippen MR) is 63.8 cm³/mol. The SMILES string of the molecule is CN(C)CC(=O)c1ccc(CCCl)cc1. The number of aryl methyl sites for hydroxylation is 1. The molecule has 0 fully saturated rings. The fourth-order valence-corrected chi connectivity index (χ4v) is 1.56. The van der Waals surface area contributed by atoms with Crippen LogP contribution in [0.15, 0.2) is 24.3 Å². The molecule has 2 nitrogen and oxygen atoms in total. The maximum absolute atomic E-state index is 11.7. The van der Waals surface area contributed by atoms with Crippen molar-refractivity contribution in [2.75, 3.05) is 26.5 Å². The first-order valence-corrected chi connectivity index (χ1v) is 5.50. The molecule has 0 aliphatic heterocycles. The Morgan fingerprint density at radius 1 is 1.27 bits per heavy atom. The summed E-state index contributed by atoms with van der Waals surface area (Å²) in [5.41, 5.74) is 1.94. The van der Waals surface area contributed by atoms with Crippen LogP contribution in [0.5, 0.6) is 0 Å². The van der Waals surface area contributed by atoms with E-state index in [9.17, 15) is 4.79 Å². The molecule has 0 saturated carbocycles. The van der Waals surface area contributed by atoms with Gasteiger partial charge < -0.3 is 4.90 Å². The van der Waals surface area contributed by atoms with Crippen LogP contribution in [0.2, 0.25) is 0 Å². The second-order valence-corrected chi connectivity index (χ2v) is 4.17. The molecule has 0 aliphatic carbocycles. The van der Waals surface area contributed by atoms with E-state index in [-0.39, 0.29) is 5.78 Å². The average Bonchev–Trinajstić information content (AvgIpc) is 2.18. The summed E-state index contributed by atoms with van der Waals surface area (Å²) in [6.07, 6.45) is 0.851. The van der Waals surface area contributed by atoms with Crippen molar-refractivity contribution < 1.29 is 4.79 Å². The van der Waals surface area contributed by atoms with Crippen LogP contribution in [0.3, 0.4) is 0 Å². The van der Waals surface area contributed by atoms with Gasteiger partial charge in [0.1, 0.15) is 0 Å². The zero-order valence-electron chi connectivity index (χ0n) is 9.16. The van der Waals surface area contributed by atoms with Crippen LogP contribution < -0.4 is 0 Å². The molecule has 1 aromatic carbocycles. The van der Waals surface area contributed by atoms with E-state index in [1.54, 1.807) is 0 Å². The van der Waals surface area contributed by atoms with Gasteiger partial charge in [0.25, 0.3) is 0 Å². The number of halogens is 1. The highest BCUT2D eigenvalue weighted by Crippen LogP contribution is 2.07. The summed E-state index contributed by atoms with van der Waals surface area (Å²) in [4.78, 5) is 13.5. The van der Waals surface area contributed by atoms with Crippen molar-refractivity contribution in [3.8, 4) is 0 Å². The summed E-state index contributed by atoms with van der Waals surface area (Å²) in [5.74, 6) is 0.766. The monoisotopic (exact) mass is 225 g/mol. The van der Waals surface area contributed by atoms with Gasteiger partial charge in [0.2, 0.25) is 0 Å². The van der Waals surface area contributed by atoms with Crippen LogP contribution in [-0.2, 0) is 6.42 Å². The Morgan fingerprint density at radius 2 is 1.87 bits per heavy atom. The van der Waals surface area contributed by atoms with Crippen LogP contribution in [0, 0.1) is 0 Å². The Morgan fingerprint density at radius 3 is 2.33 bits per heavy atom. The first-order valence-electron chi connectivity index (χ1n) is 4.96. The van der Waals surface area contributed by atoms with Crippen LogP contribution in [-0.4, -0.2) is 37.2 Å². The van der Waals surface area contributed by atoms with Gasteiger partial charge >= 0.3 is 0 Å². The summed E-state index contributed by atoms with van der Waals surface area (Å²) >= 11 is 5.63. The molecule has 82 valence electrons. The van der Waals surface area contributed by atoms with Crippen molar-refractivity contribution in [1.82, 2.24) is 4.90 Å². The normalized spacial score (nSPS) is 10.7. The minimum Gasteiger partial charge on any atom is -0.302 e. The molecule has 0 bridgehead atoms. The van der Waals surface area contributed by atoms with Gasteiger partial charge in [-0.3, -0.25) is 4.79 Å². The lowest BCUT2D eigenvalue weighted by atomic mass is 10.1. The van der Waals surface area contributed by atoms with Crippen molar-refractivity contribution in [3.05, 3.63) is 35.4 Å². The van der Waals surface area contributed by atoms with Gasteiger partial charge in [0, 0.05) is 11.4 Å². The Kier molecular flexibility index (Phi) is 4.79. The van der Waals surface area contributed by atoms with Crippen molar-refractivity contribution in [2.45, 2.75) is 6.42 Å². The summed E-state index contributed by atoms with van der Waals surface area (Å²) in [6.45, 7) is 0.453. The van der Waals surface area contributed by atoms with E-state index < -0.39 is 0 Å². The number of hydrogen-bond acceptors (Lipinski definition) is 2. The lowest BCUT2D eigenvalue weighted by Crippen LogP contribution is -2.21. The first-order chi connectivity index (χ1) is 7.13. The number of nitrogens with zero attached hydrogens (tertiary/aromatic N) is 1. The quantitative estimate of drug-likeness (QED) is 0.566. The number of alkyl halides is 1. The van der Waals surface area contributed by atoms with E-state index in [1.807, 2.05) is 43.3 Å². The fourth-order valence-electron chi connectivity index (χ4n) is 1.34. The van der Waals surface area contributed by atoms with Gasteiger partial charge in [-0.1, -0.05) is 24.3 Å². The van der Waals surface area contributed by atoms with Crippen LogP contribution in [0.1, 0.15) is 15.9 Å². The summed E-state index contributed by atoms with van der Waals surface area (Å²) in [5, 5.41) is 0. The first kappa shape index (κ1) is 12.2. The lowest BCUT2D eigenvalue weighted by Gasteiger charge is -2.08. The molecule has 0 saturated heterocycles. The lowest BCUT2D eigenvalue weighted by molar-refractivity contribution is 0.0958. The highest BCUT2D eigenvalue weighted by atomic mass is 35.5. The molecule has 0 aliphatic rings. The van der Waals surface area contributed by atoms with Crippen LogP contribution >= 0.6 is 11.6 Å². The number of benzene rings is 1. The molecule has 0 unspecified atom stereocenters. The number of carbonyl (C=O) groups is 1. The largest absolute Gasteiger partial charge is 0.302 e. The molecule has 3 heteroatoms. The molecule has 0 heterocycles. The van der Waals surface area contributed by atoms with E-state index in [0.717, 1.165) is 12.0 Å². The van der Waals surface area contributed by atoms with Crippen molar-refractivity contribution >= 4 is 17.4 Å². The van der Waals surface area contributed by atoms with E-state index in [4.69, 9.17) is 11.6 Å². The Hall–Kier alpha value is -0.860. The summed E-state index contributed by atoms with van der Waals surface area (Å²) < 4.78 is 0. The van der Waals surface area contributed by atoms with Gasteiger partial charge in [-0.15, -0.1) is 11.6 Å². The molecule has 1 rings (SSSR count). The molecule has 0 amide bonds. The van der Waals surface area contributed by atoms with E-state index in [2.05, 4.69) is 0 Å². The minimum atomic E-state index is 0.150. The van der Waals surface area contributed by atoms with Gasteiger partial charge in [-0.05, 0) is 26.1 Å². The minimum absolute atomic E-state index is 0.150. The molecule has 15 heavy (non-hydrogen) atoms. The van der Waals surface area contributed by atoms with E-state index in [1.165, 1.54) is 5.56 Å². The Bertz CT molecular complexity index is 319. The number of likely N-dealkylation sites (N-methyl/N-ethyl adjacent to an activating group) is 1.